The summed E-state index contributed by atoms with van der Waals surface area (Å²) >= 11 is 0. The quantitative estimate of drug-likeness (QED) is 0.154. The first-order chi connectivity index (χ1) is 22.9. The van der Waals surface area contributed by atoms with Gasteiger partial charge < -0.3 is 40.8 Å². The Bertz CT molecular complexity index is 1490. The number of carbonyl (C=O) groups is 3. The number of unbranched alkanes of at least 4 members (excludes halogenated alkanes) is 2. The molecule has 252 valence electrons. The van der Waals surface area contributed by atoms with Crippen molar-refractivity contribution < 1.29 is 28.6 Å². The molecule has 1 aliphatic heterocycles. The minimum atomic E-state index is -0.338. The molecule has 3 aromatic rings. The number of benzene rings is 3. The predicted octanol–water partition coefficient (Wildman–Crippen LogP) is 4.74. The molecule has 0 aliphatic carbocycles. The summed E-state index contributed by atoms with van der Waals surface area (Å²) in [6, 6.07) is 17.7. The van der Waals surface area contributed by atoms with Crippen molar-refractivity contribution in [2.75, 3.05) is 63.7 Å². The Morgan fingerprint density at radius 1 is 0.830 bits per heavy atom. The van der Waals surface area contributed by atoms with Gasteiger partial charge in [-0.3, -0.25) is 14.4 Å². The second kappa shape index (κ2) is 18.6. The Morgan fingerprint density at radius 2 is 1.55 bits per heavy atom. The molecule has 0 atom stereocenters. The summed E-state index contributed by atoms with van der Waals surface area (Å²) in [7, 11) is 1.55. The highest BCUT2D eigenvalue weighted by Crippen LogP contribution is 2.28. The molecule has 47 heavy (non-hydrogen) atoms. The molecule has 11 nitrogen and oxygen atoms in total. The smallest absolute Gasteiger partial charge is 0.259 e. The van der Waals surface area contributed by atoms with Crippen LogP contribution in [0.2, 0.25) is 0 Å². The summed E-state index contributed by atoms with van der Waals surface area (Å²) in [5, 5.41) is 9.17. The van der Waals surface area contributed by atoms with Gasteiger partial charge in [-0.1, -0.05) is 18.2 Å². The van der Waals surface area contributed by atoms with Gasteiger partial charge in [0.2, 0.25) is 5.91 Å². The van der Waals surface area contributed by atoms with Gasteiger partial charge in [-0.2, -0.15) is 0 Å². The minimum Gasteiger partial charge on any atom is -0.493 e. The second-order valence-corrected chi connectivity index (χ2v) is 11.5. The Morgan fingerprint density at radius 3 is 2.34 bits per heavy atom. The molecule has 0 spiro atoms. The molecule has 1 fully saturated rings. The molecule has 1 aliphatic rings. The topological polar surface area (TPSA) is 144 Å². The van der Waals surface area contributed by atoms with E-state index in [4.69, 9.17) is 19.9 Å². The van der Waals surface area contributed by atoms with Crippen LogP contribution in [0.4, 0.5) is 11.4 Å². The fourth-order valence-electron chi connectivity index (χ4n) is 5.22. The lowest BCUT2D eigenvalue weighted by Gasteiger charge is -2.27. The summed E-state index contributed by atoms with van der Waals surface area (Å²) in [6.07, 6.45) is 3.72. The van der Waals surface area contributed by atoms with Gasteiger partial charge in [0, 0.05) is 56.5 Å². The predicted molar refractivity (Wildman–Crippen MR) is 183 cm³/mol. The van der Waals surface area contributed by atoms with E-state index in [0.29, 0.717) is 72.2 Å². The van der Waals surface area contributed by atoms with E-state index in [1.54, 1.807) is 43.5 Å². The van der Waals surface area contributed by atoms with Crippen molar-refractivity contribution in [3.05, 3.63) is 82.9 Å². The van der Waals surface area contributed by atoms with Crippen LogP contribution in [0.1, 0.15) is 63.9 Å². The number of aryl methyl sites for hydroxylation is 1. The number of nitrogens with one attached hydrogen (secondary N) is 3. The highest BCUT2D eigenvalue weighted by atomic mass is 16.5. The van der Waals surface area contributed by atoms with E-state index >= 15 is 0 Å². The molecule has 1 heterocycles. The normalized spacial score (nSPS) is 12.8. The van der Waals surface area contributed by atoms with Crippen LogP contribution in [0.15, 0.2) is 60.7 Å². The van der Waals surface area contributed by atoms with Crippen molar-refractivity contribution >= 4 is 29.1 Å². The maximum absolute atomic E-state index is 13.4. The van der Waals surface area contributed by atoms with Gasteiger partial charge in [0.15, 0.2) is 0 Å². The van der Waals surface area contributed by atoms with Crippen LogP contribution in [0.25, 0.3) is 0 Å². The van der Waals surface area contributed by atoms with Gasteiger partial charge in [-0.25, -0.2) is 0 Å². The van der Waals surface area contributed by atoms with E-state index in [2.05, 4.69) is 16.0 Å². The van der Waals surface area contributed by atoms with Crippen molar-refractivity contribution in [2.45, 2.75) is 45.6 Å². The molecule has 1 saturated heterocycles. The zero-order chi connectivity index (χ0) is 33.4. The molecule has 4 rings (SSSR count). The number of methoxy groups -OCH3 is 1. The first-order valence-electron chi connectivity index (χ1n) is 16.3. The van der Waals surface area contributed by atoms with Gasteiger partial charge in [-0.15, -0.1) is 0 Å². The molecule has 0 saturated carbocycles. The van der Waals surface area contributed by atoms with E-state index in [1.807, 2.05) is 36.1 Å². The summed E-state index contributed by atoms with van der Waals surface area (Å²) in [5.74, 6) is 0.618. The number of carbonyl (C=O) groups excluding carboxylic acids is 3. The number of para-hydroxylation sites is 1. The Labute approximate surface area is 277 Å². The van der Waals surface area contributed by atoms with Crippen LogP contribution < -0.4 is 31.2 Å². The monoisotopic (exact) mass is 645 g/mol. The molecular formula is C36H47N5O6. The van der Waals surface area contributed by atoms with Crippen LogP contribution in [-0.2, 0) is 16.1 Å². The minimum absolute atomic E-state index is 0.186. The van der Waals surface area contributed by atoms with E-state index in [0.717, 1.165) is 51.0 Å². The van der Waals surface area contributed by atoms with E-state index in [9.17, 15) is 14.4 Å². The lowest BCUT2D eigenvalue weighted by molar-refractivity contribution is -0.131. The highest BCUT2D eigenvalue weighted by molar-refractivity contribution is 6.08. The Balaban J connectivity index is 1.35. The molecule has 0 radical (unpaired) electrons. The zero-order valence-electron chi connectivity index (χ0n) is 27.4. The van der Waals surface area contributed by atoms with Crippen molar-refractivity contribution in [2.24, 2.45) is 5.73 Å². The van der Waals surface area contributed by atoms with Gasteiger partial charge in [0.1, 0.15) is 11.5 Å². The number of anilines is 2. The second-order valence-electron chi connectivity index (χ2n) is 11.5. The lowest BCUT2D eigenvalue weighted by Crippen LogP contribution is -2.46. The van der Waals surface area contributed by atoms with Crippen LogP contribution in [0, 0.1) is 6.92 Å². The number of nitrogens with two attached hydrogens (primary N) is 1. The van der Waals surface area contributed by atoms with E-state index < -0.39 is 0 Å². The molecule has 11 heteroatoms. The third kappa shape index (κ3) is 10.8. The standard InChI is InChI=1S/C36H47N5O6/c1-26-12-14-31(33(23-26)47-21-7-3-4-11-34(42)41-19-17-38-18-20-41)40-35(43)27-13-15-30(28(24-27)25-45-2)39-36(44)29-9-5-6-10-32(29)46-22-8-16-37/h5-6,9-10,12-15,23-24,38H,3-4,7-8,11,16-22,25,37H2,1-2H3,(H,39,44)(H,40,43). The van der Waals surface area contributed by atoms with Gasteiger partial charge in [0.05, 0.1) is 31.1 Å². The molecule has 3 aromatic carbocycles. The molecule has 5 N–H and O–H groups in total. The Hall–Kier alpha value is -4.45. The first kappa shape index (κ1) is 35.4. The average molecular weight is 646 g/mol. The Kier molecular flexibility index (Phi) is 14.0. The summed E-state index contributed by atoms with van der Waals surface area (Å²) in [6.45, 7) is 6.80. The third-order valence-corrected chi connectivity index (χ3v) is 7.80. The number of piperazine rings is 1. The third-order valence-electron chi connectivity index (χ3n) is 7.80. The summed E-state index contributed by atoms with van der Waals surface area (Å²) < 4.78 is 17.2. The first-order valence-corrected chi connectivity index (χ1v) is 16.3. The fourth-order valence-corrected chi connectivity index (χ4v) is 5.22. The number of ether oxygens (including phenoxy) is 3. The lowest BCUT2D eigenvalue weighted by atomic mass is 10.1. The van der Waals surface area contributed by atoms with E-state index in [-0.39, 0.29) is 24.3 Å². The van der Waals surface area contributed by atoms with Crippen molar-refractivity contribution in [3.8, 4) is 11.5 Å². The largest absolute Gasteiger partial charge is 0.493 e. The molecule has 0 aromatic heterocycles. The number of hydrogen-bond acceptors (Lipinski definition) is 8. The number of hydrogen-bond donors (Lipinski definition) is 4. The van der Waals surface area contributed by atoms with Gasteiger partial charge >= 0.3 is 0 Å². The van der Waals surface area contributed by atoms with Gasteiger partial charge in [0.25, 0.3) is 11.8 Å². The van der Waals surface area contributed by atoms with Crippen molar-refractivity contribution in [3.63, 3.8) is 0 Å². The summed E-state index contributed by atoms with van der Waals surface area (Å²) in [4.78, 5) is 40.9. The molecule has 0 bridgehead atoms. The van der Waals surface area contributed by atoms with Gasteiger partial charge in [-0.05, 0) is 87.2 Å². The molecule has 0 unspecified atom stereocenters. The van der Waals surface area contributed by atoms with Crippen LogP contribution in [-0.4, -0.2) is 75.7 Å². The maximum Gasteiger partial charge on any atom is 0.259 e. The van der Waals surface area contributed by atoms with E-state index in [1.165, 1.54) is 0 Å². The fraction of sp³-hybridized carbons (Fsp3) is 0.417. The number of nitrogens with zero attached hydrogens (tertiary/aromatic N) is 1. The summed E-state index contributed by atoms with van der Waals surface area (Å²) in [5.41, 5.74) is 9.11. The molecular weight excluding hydrogens is 598 g/mol. The average Bonchev–Trinajstić information content (AvgIpc) is 3.08. The zero-order valence-corrected chi connectivity index (χ0v) is 27.4. The van der Waals surface area contributed by atoms with Crippen LogP contribution in [0.5, 0.6) is 11.5 Å². The molecule has 3 amide bonds. The van der Waals surface area contributed by atoms with Crippen molar-refractivity contribution in [1.82, 2.24) is 10.2 Å². The van der Waals surface area contributed by atoms with Crippen molar-refractivity contribution in [1.29, 1.82) is 0 Å². The number of amides is 3. The maximum atomic E-state index is 13.4. The SMILES string of the molecule is COCc1cc(C(=O)Nc2ccc(C)cc2OCCCCCC(=O)N2CCNCC2)ccc1NC(=O)c1ccccc1OCCCN. The number of rotatable bonds is 17. The highest BCUT2D eigenvalue weighted by Gasteiger charge is 2.18. The van der Waals surface area contributed by atoms with Crippen LogP contribution in [0.3, 0.4) is 0 Å². The van der Waals surface area contributed by atoms with Crippen LogP contribution >= 0.6 is 0 Å².